The highest BCUT2D eigenvalue weighted by atomic mass is 35.5. The molecule has 7 amide bonds. The van der Waals surface area contributed by atoms with Crippen LogP contribution in [0.25, 0.3) is 11.1 Å². The maximum Gasteiger partial charge on any atom is 0.333 e. The normalized spacial score (nSPS) is 25.1. The van der Waals surface area contributed by atoms with E-state index < -0.39 is 201 Å². The predicted octanol–water partition coefficient (Wildman–Crippen LogP) is 3.04. The summed E-state index contributed by atoms with van der Waals surface area (Å²) < 4.78 is 36.4. The Bertz CT molecular complexity index is 4540. The fraction of sp³-hybridized carbons (Fsp3) is 0.254. The third kappa shape index (κ3) is 13.6. The molecule has 7 aromatic carbocycles. The summed E-state index contributed by atoms with van der Waals surface area (Å²) in [7, 11) is 0.921. The highest BCUT2D eigenvalue weighted by molar-refractivity contribution is 6.32. The number of ether oxygens (including phenoxy) is 6. The minimum absolute atomic E-state index is 0.0959. The van der Waals surface area contributed by atoms with Gasteiger partial charge in [-0.05, 0) is 112 Å². The molecule has 18 N–H and O–H groups in total. The van der Waals surface area contributed by atoms with Gasteiger partial charge in [-0.2, -0.15) is 0 Å². The summed E-state index contributed by atoms with van der Waals surface area (Å²) in [5.74, 6) is -16.0. The minimum Gasteiger partial charge on any atom is -0.508 e. The molecule has 0 spiro atoms. The number of hydrogen-bond donors (Lipinski definition) is 17. The molecule has 0 radical (unpaired) electrons. The van der Waals surface area contributed by atoms with Crippen LogP contribution in [0.3, 0.4) is 0 Å². The number of carbonyl (C=O) groups excluding carboxylic acids is 8. The standard InChI is InChI=1S/C67H60Cl2N8O23/c1-24(79)71-54-58(87)57(86)47(23-78)99-67(54)100-59-28-6-10-43(37(69)16-28)98-46-19-30-18-45(56(46)85)97-42-9-3-25(11-36(42)68)12-38-60(88)73-51(29-13-31(80)20-33(14-29)96-44-17-26(4-8-40(44)83)49(70)61(89)72-38)63(91)75-52(30)64(92)74-50-27-5-7-39(82)34(15-27)48-35(21-32(81)22-41(48)84)53(66(94)95-2)76-65(93)55(59)77-62(50)90/h3-11,13-22,38,47,49-55,57-59,67,78,80-87H,12,23,70H2,1-2H3,(H,71,79)(H,72,89)(H,73,88)(H,74,92)(H,75,91)(H,76,93)(H,77,90)/t38-,47-,49-,50-,51+,52-,53-,54-,55+,57-,58-,59-,67+/m1/s1. The lowest BCUT2D eigenvalue weighted by Gasteiger charge is -2.44. The summed E-state index contributed by atoms with van der Waals surface area (Å²) in [5, 5.41) is 120. The molecule has 7 heterocycles. The number of esters is 1. The van der Waals surface area contributed by atoms with Crippen LogP contribution < -0.4 is 57.2 Å². The number of aliphatic hydroxyl groups excluding tert-OH is 3. The summed E-state index contributed by atoms with van der Waals surface area (Å²) in [4.78, 5) is 120. The van der Waals surface area contributed by atoms with E-state index >= 15 is 24.0 Å². The van der Waals surface area contributed by atoms with Crippen LogP contribution in [0, 0.1) is 0 Å². The van der Waals surface area contributed by atoms with Gasteiger partial charge in [0, 0.05) is 42.2 Å². The van der Waals surface area contributed by atoms with Crippen molar-refractivity contribution in [3.05, 3.63) is 164 Å². The molecule has 1 fully saturated rings. The number of phenolic OH excluding ortho intramolecular Hbond substituents is 6. The third-order valence-electron chi connectivity index (χ3n) is 17.1. The number of rotatable bonds is 5. The number of benzene rings is 7. The number of hydrogen-bond acceptors (Lipinski definition) is 24. The van der Waals surface area contributed by atoms with Gasteiger partial charge in [-0.3, -0.25) is 33.6 Å². The molecule has 7 aliphatic heterocycles. The number of methoxy groups -OCH3 is 1. The van der Waals surface area contributed by atoms with Gasteiger partial charge in [0.2, 0.25) is 47.1 Å². The van der Waals surface area contributed by atoms with Gasteiger partial charge in [-0.15, -0.1) is 0 Å². The molecule has 33 heteroatoms. The topological polar surface area (TPSA) is 484 Å². The van der Waals surface area contributed by atoms with Gasteiger partial charge in [-0.1, -0.05) is 47.5 Å². The summed E-state index contributed by atoms with van der Waals surface area (Å²) >= 11 is 14.1. The van der Waals surface area contributed by atoms with E-state index in [0.717, 1.165) is 80.8 Å². The first kappa shape index (κ1) is 68.8. The summed E-state index contributed by atoms with van der Waals surface area (Å²) in [6, 6.07) is 5.76. The van der Waals surface area contributed by atoms with Crippen LogP contribution in [0.4, 0.5) is 0 Å². The lowest BCUT2D eigenvalue weighted by atomic mass is 9.89. The lowest BCUT2D eigenvalue weighted by molar-refractivity contribution is -0.284. The zero-order valence-corrected chi connectivity index (χ0v) is 53.5. The van der Waals surface area contributed by atoms with Crippen LogP contribution in [-0.2, 0) is 59.0 Å². The Kier molecular flexibility index (Phi) is 19.0. The number of nitrogens with one attached hydrogen (secondary N) is 7. The van der Waals surface area contributed by atoms with Crippen molar-refractivity contribution in [2.24, 2.45) is 5.73 Å². The van der Waals surface area contributed by atoms with Crippen LogP contribution in [0.5, 0.6) is 69.0 Å². The number of aromatic hydroxyl groups is 6. The van der Waals surface area contributed by atoms with Gasteiger partial charge in [-0.25, -0.2) is 4.79 Å². The Hall–Kier alpha value is -11.2. The zero-order valence-electron chi connectivity index (χ0n) is 52.0. The van der Waals surface area contributed by atoms with Gasteiger partial charge >= 0.3 is 5.97 Å². The van der Waals surface area contributed by atoms with E-state index in [1.807, 2.05) is 0 Å². The van der Waals surface area contributed by atoms with Gasteiger partial charge in [0.1, 0.15) is 107 Å². The first-order valence-electron chi connectivity index (χ1n) is 30.4. The number of nitrogens with two attached hydrogens (primary N) is 1. The molecule has 17 bridgehead atoms. The molecule has 14 rings (SSSR count). The molecule has 1 saturated heterocycles. The highest BCUT2D eigenvalue weighted by Gasteiger charge is 2.49. The first-order valence-corrected chi connectivity index (χ1v) is 31.2. The maximum atomic E-state index is 16.1. The van der Waals surface area contributed by atoms with E-state index in [0.29, 0.717) is 0 Å². The van der Waals surface area contributed by atoms with Crippen molar-refractivity contribution >= 4 is 70.5 Å². The molecule has 520 valence electrons. The minimum atomic E-state index is -2.33. The molecule has 0 aromatic heterocycles. The van der Waals surface area contributed by atoms with Crippen LogP contribution in [0.1, 0.15) is 82.2 Å². The number of phenols is 6. The van der Waals surface area contributed by atoms with Crippen LogP contribution in [0.15, 0.2) is 115 Å². The molecule has 0 aliphatic carbocycles. The molecule has 7 aliphatic rings. The number of carbonyl (C=O) groups is 8. The molecule has 13 atom stereocenters. The van der Waals surface area contributed by atoms with E-state index in [4.69, 9.17) is 57.4 Å². The molecular formula is C67H60Cl2N8O23. The molecule has 7 aromatic rings. The number of amides is 7. The SMILES string of the molecule is COC(=O)[C@@H]1NC(=O)[C@H]2NC(=O)[C@H](NC(=O)[C@@H]3NC(=O)[C@H]4NC(=O)[C@@H](Cc5ccc(c(Cl)c5)Oc5cc3cc(c5O)Oc3ccc(cc3Cl)[C@H]2O[C@@H]2O[C@H](CO)[C@@H](O)[C@H](O)[C@H]2NC(C)=O)NC(=O)[C@H](N)c2ccc(O)c(c2)Oc2cc(O)cc4c2)c2ccc(O)c(c2)-c2c(O)cc(O)cc21. The molecular weight excluding hydrogens is 1360 g/mol. The quantitative estimate of drug-likeness (QED) is 0.110. The number of fused-ring (bicyclic) bond motifs is 14. The van der Waals surface area contributed by atoms with Gasteiger partial charge < -0.3 is 117 Å². The zero-order chi connectivity index (χ0) is 71.4. The van der Waals surface area contributed by atoms with Crippen molar-refractivity contribution in [1.29, 1.82) is 0 Å². The van der Waals surface area contributed by atoms with E-state index in [9.17, 15) is 60.3 Å². The average molecular weight is 1420 g/mol. The van der Waals surface area contributed by atoms with Crippen molar-refractivity contribution in [2.75, 3.05) is 13.7 Å². The maximum absolute atomic E-state index is 16.1. The van der Waals surface area contributed by atoms with Crippen molar-refractivity contribution in [2.45, 2.75) is 92.4 Å². The number of halogens is 2. The highest BCUT2D eigenvalue weighted by Crippen LogP contribution is 2.49. The molecule has 0 unspecified atom stereocenters. The van der Waals surface area contributed by atoms with Crippen molar-refractivity contribution in [3.63, 3.8) is 0 Å². The Balaban J connectivity index is 1.10. The number of aliphatic hydroxyl groups is 3. The lowest BCUT2D eigenvalue weighted by Crippen LogP contribution is -2.65. The Morgan fingerprint density at radius 2 is 1.18 bits per heavy atom. The second kappa shape index (κ2) is 27.6. The largest absolute Gasteiger partial charge is 0.508 e. The van der Waals surface area contributed by atoms with Crippen LogP contribution in [0.2, 0.25) is 10.0 Å². The van der Waals surface area contributed by atoms with Crippen molar-refractivity contribution < 1.29 is 113 Å². The Morgan fingerprint density at radius 1 is 0.580 bits per heavy atom. The second-order valence-corrected chi connectivity index (χ2v) is 24.6. The van der Waals surface area contributed by atoms with Gasteiger partial charge in [0.05, 0.1) is 23.8 Å². The predicted molar refractivity (Wildman–Crippen MR) is 344 cm³/mol. The van der Waals surface area contributed by atoms with Crippen LogP contribution >= 0.6 is 23.2 Å². The third-order valence-corrected chi connectivity index (χ3v) is 17.7. The van der Waals surface area contributed by atoms with E-state index in [2.05, 4.69) is 37.2 Å². The molecule has 0 saturated carbocycles. The van der Waals surface area contributed by atoms with Crippen LogP contribution in [-0.4, -0.2) is 150 Å². The second-order valence-electron chi connectivity index (χ2n) is 23.8. The fourth-order valence-electron chi connectivity index (χ4n) is 12.2. The first-order chi connectivity index (χ1) is 47.6. The van der Waals surface area contributed by atoms with Crippen molar-refractivity contribution in [1.82, 2.24) is 37.2 Å². The monoisotopic (exact) mass is 1410 g/mol. The van der Waals surface area contributed by atoms with E-state index in [1.54, 1.807) is 0 Å². The summed E-state index contributed by atoms with van der Waals surface area (Å²) in [6.07, 6.45) is -10.1. The fourth-order valence-corrected chi connectivity index (χ4v) is 12.7. The van der Waals surface area contributed by atoms with Gasteiger partial charge in [0.25, 0.3) is 0 Å². The summed E-state index contributed by atoms with van der Waals surface area (Å²) in [6.45, 7) is 0.0520. The average Bonchev–Trinajstić information content (AvgIpc) is 0.768. The van der Waals surface area contributed by atoms with Gasteiger partial charge in [0.15, 0.2) is 35.3 Å². The Labute approximate surface area is 574 Å². The smallest absolute Gasteiger partial charge is 0.333 e. The summed E-state index contributed by atoms with van der Waals surface area (Å²) in [5.41, 5.74) is 4.25. The Morgan fingerprint density at radius 3 is 1.84 bits per heavy atom. The molecule has 100 heavy (non-hydrogen) atoms. The molecule has 31 nitrogen and oxygen atoms in total. The van der Waals surface area contributed by atoms with E-state index in [1.165, 1.54) is 48.5 Å². The van der Waals surface area contributed by atoms with E-state index in [-0.39, 0.29) is 67.8 Å². The van der Waals surface area contributed by atoms with Crippen molar-refractivity contribution in [3.8, 4) is 80.1 Å².